The molecule has 32 heavy (non-hydrogen) atoms. The average Bonchev–Trinajstić information content (AvgIpc) is 3.09. The molecular weight excluding hydrogens is 419 g/mol. The summed E-state index contributed by atoms with van der Waals surface area (Å²) < 4.78 is 37.6. The lowest BCUT2D eigenvalue weighted by Crippen LogP contribution is -2.22. The van der Waals surface area contributed by atoms with Crippen molar-refractivity contribution in [1.29, 1.82) is 5.26 Å². The van der Waals surface area contributed by atoms with E-state index < -0.39 is 23.8 Å². The van der Waals surface area contributed by atoms with Crippen molar-refractivity contribution in [3.8, 4) is 28.8 Å². The number of nitriles is 1. The van der Waals surface area contributed by atoms with Crippen LogP contribution in [0.3, 0.4) is 0 Å². The van der Waals surface area contributed by atoms with Gasteiger partial charge < -0.3 is 23.5 Å². The number of esters is 2. The Morgan fingerprint density at radius 1 is 1.28 bits per heavy atom. The Kier molecular flexibility index (Phi) is 6.72. The van der Waals surface area contributed by atoms with E-state index in [-0.39, 0.29) is 48.5 Å². The smallest absolute Gasteiger partial charge is 0.340 e. The predicted octanol–water partition coefficient (Wildman–Crippen LogP) is 3.52. The van der Waals surface area contributed by atoms with E-state index in [0.717, 1.165) is 0 Å². The highest BCUT2D eigenvalue weighted by Gasteiger charge is 2.37. The van der Waals surface area contributed by atoms with Crippen molar-refractivity contribution >= 4 is 11.9 Å². The molecule has 9 heteroatoms. The molecule has 1 aromatic heterocycles. The monoisotopic (exact) mass is 444 g/mol. The Labute approximate surface area is 185 Å². The number of halogens is 1. The molecule has 1 aromatic carbocycles. The lowest BCUT2D eigenvalue weighted by Gasteiger charge is -2.28. The van der Waals surface area contributed by atoms with Gasteiger partial charge in [0.25, 0.3) is 0 Å². The number of hydrogen-bond donors (Lipinski definition) is 0. The van der Waals surface area contributed by atoms with Gasteiger partial charge in [0.05, 0.1) is 51.7 Å². The molecule has 170 valence electrons. The summed E-state index contributed by atoms with van der Waals surface area (Å²) in [7, 11) is 4.02. The fourth-order valence-electron chi connectivity index (χ4n) is 4.24. The molecule has 0 radical (unpaired) electrons. The molecule has 1 aliphatic heterocycles. The fourth-order valence-corrected chi connectivity index (χ4v) is 4.24. The van der Waals surface area contributed by atoms with Crippen molar-refractivity contribution < 1.29 is 32.9 Å². The van der Waals surface area contributed by atoms with Crippen LogP contribution in [0.2, 0.25) is 0 Å². The fraction of sp³-hybridized carbons (Fsp3) is 0.435. The zero-order chi connectivity index (χ0) is 23.6. The Morgan fingerprint density at radius 3 is 2.56 bits per heavy atom. The van der Waals surface area contributed by atoms with E-state index in [0.29, 0.717) is 22.5 Å². The van der Waals surface area contributed by atoms with Gasteiger partial charge >= 0.3 is 11.9 Å². The van der Waals surface area contributed by atoms with Crippen LogP contribution < -0.4 is 9.47 Å². The van der Waals surface area contributed by atoms with Gasteiger partial charge in [0, 0.05) is 23.2 Å². The summed E-state index contributed by atoms with van der Waals surface area (Å²) in [6, 6.07) is 3.01. The predicted molar refractivity (Wildman–Crippen MR) is 112 cm³/mol. The Hall–Kier alpha value is -3.54. The molecule has 0 fully saturated rings. The van der Waals surface area contributed by atoms with E-state index >= 15 is 4.39 Å². The Bertz CT molecular complexity index is 1120. The van der Waals surface area contributed by atoms with Gasteiger partial charge in [-0.2, -0.15) is 5.26 Å². The first kappa shape index (κ1) is 23.1. The molecular formula is C23H25FN2O6. The summed E-state index contributed by atoms with van der Waals surface area (Å²) in [5, 5.41) is 9.91. The van der Waals surface area contributed by atoms with Crippen LogP contribution in [0.1, 0.15) is 46.6 Å². The first-order valence-corrected chi connectivity index (χ1v) is 10.1. The van der Waals surface area contributed by atoms with Crippen molar-refractivity contribution in [2.24, 2.45) is 0 Å². The number of carbonyl (C=O) groups is 2. The van der Waals surface area contributed by atoms with Crippen LogP contribution in [0, 0.1) is 24.1 Å². The van der Waals surface area contributed by atoms with E-state index in [1.807, 2.05) is 0 Å². The third kappa shape index (κ3) is 3.66. The van der Waals surface area contributed by atoms with Crippen LogP contribution >= 0.6 is 0 Å². The summed E-state index contributed by atoms with van der Waals surface area (Å²) in [5.74, 6) is -1.55. The highest BCUT2D eigenvalue weighted by molar-refractivity contribution is 6.00. The first-order valence-electron chi connectivity index (χ1n) is 10.1. The molecule has 0 amide bonds. The SMILES string of the molecule is CCOC(=O)c1c(C)c(CCC(=O)OC)n2c1-c1cc(OC)c(OC)c(F)c1CC2C#N. The third-order valence-electron chi connectivity index (χ3n) is 5.68. The quantitative estimate of drug-likeness (QED) is 0.603. The molecule has 0 saturated carbocycles. The second-order valence-corrected chi connectivity index (χ2v) is 7.26. The molecule has 0 N–H and O–H groups in total. The standard InChI is InChI=1S/C23H25FN2O6/c1-6-32-23(28)19-12(2)16(7-8-18(27)30-4)26-13(11-25)9-14-15(21(19)26)10-17(29-3)22(31-5)20(14)24/h10,13H,6-9H2,1-5H3. The number of aromatic nitrogens is 1. The Balaban J connectivity index is 2.37. The second kappa shape index (κ2) is 9.30. The zero-order valence-corrected chi connectivity index (χ0v) is 18.7. The summed E-state index contributed by atoms with van der Waals surface area (Å²) in [5.41, 5.74) is 2.48. The third-order valence-corrected chi connectivity index (χ3v) is 5.68. The lowest BCUT2D eigenvalue weighted by molar-refractivity contribution is -0.140. The van der Waals surface area contributed by atoms with Gasteiger partial charge in [-0.15, -0.1) is 0 Å². The normalized spacial score (nSPS) is 14.1. The van der Waals surface area contributed by atoms with Crippen molar-refractivity contribution in [3.63, 3.8) is 0 Å². The van der Waals surface area contributed by atoms with Crippen molar-refractivity contribution in [2.75, 3.05) is 27.9 Å². The number of rotatable bonds is 7. The first-order chi connectivity index (χ1) is 15.3. The maximum atomic E-state index is 15.4. The van der Waals surface area contributed by atoms with Crippen molar-refractivity contribution in [1.82, 2.24) is 4.57 Å². The van der Waals surface area contributed by atoms with E-state index in [4.69, 9.17) is 18.9 Å². The summed E-state index contributed by atoms with van der Waals surface area (Å²) >= 11 is 0. The van der Waals surface area contributed by atoms with Gasteiger partial charge in [-0.25, -0.2) is 9.18 Å². The van der Waals surface area contributed by atoms with Gasteiger partial charge in [-0.3, -0.25) is 4.79 Å². The van der Waals surface area contributed by atoms with Crippen LogP contribution in [0.25, 0.3) is 11.3 Å². The molecule has 8 nitrogen and oxygen atoms in total. The summed E-state index contributed by atoms with van der Waals surface area (Å²) in [6.07, 6.45) is 0.370. The topological polar surface area (TPSA) is 99.8 Å². The van der Waals surface area contributed by atoms with E-state index in [2.05, 4.69) is 6.07 Å². The average molecular weight is 444 g/mol. The van der Waals surface area contributed by atoms with Crippen LogP contribution in [-0.4, -0.2) is 44.4 Å². The molecule has 3 rings (SSSR count). The largest absolute Gasteiger partial charge is 0.493 e. The van der Waals surface area contributed by atoms with Gasteiger partial charge in [0.1, 0.15) is 6.04 Å². The van der Waals surface area contributed by atoms with Gasteiger partial charge in [0.2, 0.25) is 0 Å². The highest BCUT2D eigenvalue weighted by atomic mass is 19.1. The molecule has 0 spiro atoms. The molecule has 1 atom stereocenters. The lowest BCUT2D eigenvalue weighted by atomic mass is 9.91. The number of hydrogen-bond acceptors (Lipinski definition) is 7. The van der Waals surface area contributed by atoms with Crippen LogP contribution in [-0.2, 0) is 27.1 Å². The maximum absolute atomic E-state index is 15.4. The molecule has 0 aliphatic carbocycles. The minimum absolute atomic E-state index is 0.0621. The molecule has 2 heterocycles. The minimum atomic E-state index is -0.792. The number of nitrogens with zero attached hydrogens (tertiary/aromatic N) is 2. The Morgan fingerprint density at radius 2 is 2.00 bits per heavy atom. The van der Waals surface area contributed by atoms with E-state index in [9.17, 15) is 14.9 Å². The van der Waals surface area contributed by atoms with Crippen LogP contribution in [0.15, 0.2) is 6.07 Å². The van der Waals surface area contributed by atoms with Gasteiger partial charge in [-0.1, -0.05) is 0 Å². The van der Waals surface area contributed by atoms with Crippen molar-refractivity contribution in [2.45, 2.75) is 39.2 Å². The molecule has 1 aliphatic rings. The highest BCUT2D eigenvalue weighted by Crippen LogP contribution is 2.47. The van der Waals surface area contributed by atoms with Gasteiger partial charge in [0.15, 0.2) is 17.3 Å². The molecule has 0 bridgehead atoms. The number of methoxy groups -OCH3 is 3. The number of ether oxygens (including phenoxy) is 4. The molecule has 2 aromatic rings. The number of fused-ring (bicyclic) bond motifs is 3. The van der Waals surface area contributed by atoms with Crippen molar-refractivity contribution in [3.05, 3.63) is 34.3 Å². The summed E-state index contributed by atoms with van der Waals surface area (Å²) in [6.45, 7) is 3.57. The number of carbonyl (C=O) groups excluding carboxylic acids is 2. The van der Waals surface area contributed by atoms with Crippen LogP contribution in [0.5, 0.6) is 11.5 Å². The van der Waals surface area contributed by atoms with Crippen LogP contribution in [0.4, 0.5) is 4.39 Å². The van der Waals surface area contributed by atoms with E-state index in [1.54, 1.807) is 24.5 Å². The van der Waals surface area contributed by atoms with E-state index in [1.165, 1.54) is 21.3 Å². The number of benzene rings is 1. The maximum Gasteiger partial charge on any atom is 0.340 e. The molecule has 0 saturated heterocycles. The summed E-state index contributed by atoms with van der Waals surface area (Å²) in [4.78, 5) is 24.7. The minimum Gasteiger partial charge on any atom is -0.493 e. The molecule has 1 unspecified atom stereocenters. The second-order valence-electron chi connectivity index (χ2n) is 7.26. The zero-order valence-electron chi connectivity index (χ0n) is 18.7. The van der Waals surface area contributed by atoms with Gasteiger partial charge in [-0.05, 0) is 31.9 Å².